The Hall–Kier alpha value is -2.44. The van der Waals surface area contributed by atoms with Gasteiger partial charge in [-0.3, -0.25) is 4.99 Å². The number of pyridine rings is 1. The van der Waals surface area contributed by atoms with Gasteiger partial charge >= 0.3 is 0 Å². The summed E-state index contributed by atoms with van der Waals surface area (Å²) in [4.78, 5) is 7.73. The number of halogens is 4. The molecule has 23 heavy (non-hydrogen) atoms. The Balaban J connectivity index is 2.31. The molecular weight excluding hydrogens is 310 g/mol. The summed E-state index contributed by atoms with van der Waals surface area (Å²) in [7, 11) is 0. The summed E-state index contributed by atoms with van der Waals surface area (Å²) < 4.78 is 54.9. The first-order chi connectivity index (χ1) is 10.9. The molecule has 0 saturated carbocycles. The second kappa shape index (κ2) is 5.33. The maximum Gasteiger partial charge on any atom is 0.212 e. The number of hydrogen-bond donors (Lipinski definition) is 1. The molecule has 0 aliphatic carbocycles. The van der Waals surface area contributed by atoms with E-state index in [0.717, 1.165) is 12.1 Å². The number of aliphatic imine (C=N–C) groups is 1. The van der Waals surface area contributed by atoms with Crippen LogP contribution in [0.2, 0.25) is 0 Å². The fourth-order valence-electron chi connectivity index (χ4n) is 3.04. The highest BCUT2D eigenvalue weighted by Crippen LogP contribution is 2.40. The molecule has 2 atom stereocenters. The zero-order valence-corrected chi connectivity index (χ0v) is 12.4. The van der Waals surface area contributed by atoms with Crippen LogP contribution in [0.3, 0.4) is 0 Å². The van der Waals surface area contributed by atoms with Crippen LogP contribution in [-0.4, -0.2) is 17.4 Å². The van der Waals surface area contributed by atoms with Crippen LogP contribution < -0.4 is 5.32 Å². The number of hydrogen-bond acceptors (Lipinski definition) is 3. The molecule has 0 bridgehead atoms. The number of aromatic nitrogens is 1. The summed E-state index contributed by atoms with van der Waals surface area (Å²) in [6.07, 6.45) is 2.60. The smallest absolute Gasteiger partial charge is 0.212 e. The van der Waals surface area contributed by atoms with Gasteiger partial charge in [-0.25, -0.2) is 18.2 Å². The Morgan fingerprint density at radius 1 is 1.13 bits per heavy atom. The third kappa shape index (κ3) is 2.18. The lowest BCUT2D eigenvalue weighted by molar-refractivity contribution is 0.380. The minimum absolute atomic E-state index is 0.0743. The van der Waals surface area contributed by atoms with Gasteiger partial charge in [-0.15, -0.1) is 0 Å². The van der Waals surface area contributed by atoms with Gasteiger partial charge in [-0.2, -0.15) is 4.39 Å². The van der Waals surface area contributed by atoms with E-state index >= 15 is 0 Å². The van der Waals surface area contributed by atoms with E-state index < -0.39 is 35.0 Å². The van der Waals surface area contributed by atoms with E-state index in [9.17, 15) is 17.6 Å². The summed E-state index contributed by atoms with van der Waals surface area (Å²) >= 11 is 0. The van der Waals surface area contributed by atoms with Gasteiger partial charge in [-0.05, 0) is 31.5 Å². The highest BCUT2D eigenvalue weighted by Gasteiger charge is 2.46. The fraction of sp³-hybridized carbons (Fsp3) is 0.250. The van der Waals surface area contributed by atoms with Crippen LogP contribution in [0.4, 0.5) is 17.6 Å². The van der Waals surface area contributed by atoms with Gasteiger partial charge in [0.2, 0.25) is 5.95 Å². The number of rotatable bonds is 2. The van der Waals surface area contributed by atoms with Crippen molar-refractivity contribution in [2.45, 2.75) is 25.4 Å². The molecule has 1 aromatic carbocycles. The Labute approximate surface area is 130 Å². The Bertz CT molecular complexity index is 789. The Morgan fingerprint density at radius 3 is 2.43 bits per heavy atom. The van der Waals surface area contributed by atoms with Gasteiger partial charge in [0.25, 0.3) is 0 Å². The highest BCUT2D eigenvalue weighted by atomic mass is 19.2. The predicted molar refractivity (Wildman–Crippen MR) is 77.1 cm³/mol. The number of nitrogens with one attached hydrogen (secondary N) is 1. The first kappa shape index (κ1) is 15.5. The SMILES string of the molecule is Cc1cc(F)c(F)c(F)c1[C@]1(c2ccc(F)nc2)NC=N[C@H]1C. The summed E-state index contributed by atoms with van der Waals surface area (Å²) in [5.41, 5.74) is -0.744. The van der Waals surface area contributed by atoms with Crippen LogP contribution in [-0.2, 0) is 5.54 Å². The van der Waals surface area contributed by atoms with Crippen molar-refractivity contribution in [3.63, 3.8) is 0 Å². The molecule has 1 aromatic heterocycles. The molecular formula is C16H13F4N3. The molecule has 0 radical (unpaired) electrons. The molecule has 0 spiro atoms. The van der Waals surface area contributed by atoms with Crippen LogP contribution in [0.1, 0.15) is 23.6 Å². The van der Waals surface area contributed by atoms with Gasteiger partial charge in [0.15, 0.2) is 17.5 Å². The quantitative estimate of drug-likeness (QED) is 0.523. The predicted octanol–water partition coefficient (Wildman–Crippen LogP) is 3.21. The molecule has 0 amide bonds. The van der Waals surface area contributed by atoms with Crippen LogP contribution >= 0.6 is 0 Å². The molecule has 2 heterocycles. The lowest BCUT2D eigenvalue weighted by atomic mass is 9.76. The van der Waals surface area contributed by atoms with Gasteiger partial charge in [0, 0.05) is 17.3 Å². The van der Waals surface area contributed by atoms with E-state index in [1.807, 2.05) is 0 Å². The van der Waals surface area contributed by atoms with Crippen molar-refractivity contribution in [2.75, 3.05) is 0 Å². The minimum Gasteiger partial charge on any atom is -0.361 e. The van der Waals surface area contributed by atoms with Crippen molar-refractivity contribution in [3.05, 3.63) is 64.5 Å². The summed E-state index contributed by atoms with van der Waals surface area (Å²) in [6.45, 7) is 3.17. The molecule has 1 aliphatic rings. The molecule has 0 fully saturated rings. The zero-order chi connectivity index (χ0) is 16.8. The van der Waals surface area contributed by atoms with E-state index in [2.05, 4.69) is 15.3 Å². The van der Waals surface area contributed by atoms with Crippen molar-refractivity contribution in [1.29, 1.82) is 0 Å². The van der Waals surface area contributed by atoms with Crippen molar-refractivity contribution >= 4 is 6.34 Å². The lowest BCUT2D eigenvalue weighted by Gasteiger charge is -2.35. The largest absolute Gasteiger partial charge is 0.361 e. The normalized spacial score (nSPS) is 23.1. The third-order valence-electron chi connectivity index (χ3n) is 4.15. The fourth-order valence-corrected chi connectivity index (χ4v) is 3.04. The second-order valence-electron chi connectivity index (χ2n) is 5.45. The second-order valence-corrected chi connectivity index (χ2v) is 5.45. The average molecular weight is 323 g/mol. The van der Waals surface area contributed by atoms with Gasteiger partial charge in [-0.1, -0.05) is 6.07 Å². The first-order valence-electron chi connectivity index (χ1n) is 6.94. The molecule has 3 nitrogen and oxygen atoms in total. The lowest BCUT2D eigenvalue weighted by Crippen LogP contribution is -2.47. The van der Waals surface area contributed by atoms with Crippen molar-refractivity contribution < 1.29 is 17.6 Å². The van der Waals surface area contributed by atoms with E-state index in [4.69, 9.17) is 0 Å². The summed E-state index contributed by atoms with van der Waals surface area (Å²) in [6, 6.07) is 2.93. The molecule has 2 aromatic rings. The molecule has 7 heteroatoms. The van der Waals surface area contributed by atoms with Crippen LogP contribution in [0.5, 0.6) is 0 Å². The minimum atomic E-state index is -1.55. The topological polar surface area (TPSA) is 37.3 Å². The standard InChI is InChI=1S/C16H13F4N3/c1-8-5-11(17)14(19)15(20)13(8)16(9(2)22-7-23-16)10-3-4-12(18)21-6-10/h3-7,9H,1-2H3,(H,22,23)/t9-,16-/m0/s1. The highest BCUT2D eigenvalue weighted by molar-refractivity contribution is 5.65. The van der Waals surface area contributed by atoms with Crippen LogP contribution in [0.15, 0.2) is 29.4 Å². The number of aryl methyl sites for hydroxylation is 1. The Morgan fingerprint density at radius 2 is 1.87 bits per heavy atom. The van der Waals surface area contributed by atoms with Gasteiger partial charge < -0.3 is 5.32 Å². The van der Waals surface area contributed by atoms with Gasteiger partial charge in [0.1, 0.15) is 5.54 Å². The van der Waals surface area contributed by atoms with E-state index in [0.29, 0.717) is 5.56 Å². The van der Waals surface area contributed by atoms with Crippen LogP contribution in [0, 0.1) is 30.3 Å². The molecule has 0 unspecified atom stereocenters. The summed E-state index contributed by atoms with van der Waals surface area (Å²) in [5, 5.41) is 2.92. The van der Waals surface area contributed by atoms with Crippen molar-refractivity contribution in [1.82, 2.24) is 10.3 Å². The van der Waals surface area contributed by atoms with Crippen molar-refractivity contribution in [2.24, 2.45) is 4.99 Å². The molecule has 1 aliphatic heterocycles. The molecule has 120 valence electrons. The Kier molecular flexibility index (Phi) is 3.58. The zero-order valence-electron chi connectivity index (χ0n) is 12.4. The maximum absolute atomic E-state index is 14.6. The monoisotopic (exact) mass is 323 g/mol. The van der Waals surface area contributed by atoms with Crippen molar-refractivity contribution in [3.8, 4) is 0 Å². The van der Waals surface area contributed by atoms with Crippen LogP contribution in [0.25, 0.3) is 0 Å². The third-order valence-corrected chi connectivity index (χ3v) is 4.15. The summed E-state index contributed by atoms with van der Waals surface area (Å²) in [5.74, 6) is -4.81. The maximum atomic E-state index is 14.6. The number of benzene rings is 1. The van der Waals surface area contributed by atoms with E-state index in [1.54, 1.807) is 6.92 Å². The number of nitrogens with zero attached hydrogens (tertiary/aromatic N) is 2. The van der Waals surface area contributed by atoms with E-state index in [1.165, 1.54) is 25.5 Å². The molecule has 1 N–H and O–H groups in total. The average Bonchev–Trinajstić information content (AvgIpc) is 2.88. The van der Waals surface area contributed by atoms with Gasteiger partial charge in [0.05, 0.1) is 12.4 Å². The first-order valence-corrected chi connectivity index (χ1v) is 6.94. The molecule has 0 saturated heterocycles. The molecule has 3 rings (SSSR count). The van der Waals surface area contributed by atoms with E-state index in [-0.39, 0.29) is 11.1 Å².